The number of halogens is 1. The summed E-state index contributed by atoms with van der Waals surface area (Å²) < 4.78 is 5.62. The number of hydrogen-bond acceptors (Lipinski definition) is 3. The van der Waals surface area contributed by atoms with Crippen molar-refractivity contribution in [2.45, 2.75) is 18.9 Å². The van der Waals surface area contributed by atoms with Crippen molar-refractivity contribution >= 4 is 11.6 Å². The Morgan fingerprint density at radius 2 is 1.95 bits per heavy atom. The van der Waals surface area contributed by atoms with Gasteiger partial charge < -0.3 is 15.0 Å². The Bertz CT molecular complexity index is 390. The first-order chi connectivity index (χ1) is 9.66. The van der Waals surface area contributed by atoms with Crippen LogP contribution >= 0.6 is 11.6 Å². The van der Waals surface area contributed by atoms with Gasteiger partial charge in [0.2, 0.25) is 0 Å². The fourth-order valence-corrected chi connectivity index (χ4v) is 2.42. The zero-order valence-electron chi connectivity index (χ0n) is 12.4. The molecule has 112 valence electrons. The minimum absolute atomic E-state index is 0.449. The van der Waals surface area contributed by atoms with Crippen LogP contribution in [0.25, 0.3) is 0 Å². The van der Waals surface area contributed by atoms with Crippen molar-refractivity contribution in [3.8, 4) is 0 Å². The molecule has 1 aliphatic carbocycles. The molecule has 1 saturated carbocycles. The molecule has 20 heavy (non-hydrogen) atoms. The average molecular weight is 297 g/mol. The second-order valence-electron chi connectivity index (χ2n) is 5.74. The molecule has 1 N–H and O–H groups in total. The van der Waals surface area contributed by atoms with E-state index in [-0.39, 0.29) is 0 Å². The zero-order chi connectivity index (χ0) is 14.4. The Hall–Kier alpha value is -0.610. The first-order valence-electron chi connectivity index (χ1n) is 7.38. The number of nitrogens with zero attached hydrogens (tertiary/aromatic N) is 1. The van der Waals surface area contributed by atoms with Gasteiger partial charge in [-0.25, -0.2) is 0 Å². The van der Waals surface area contributed by atoms with Gasteiger partial charge in [0, 0.05) is 24.2 Å². The van der Waals surface area contributed by atoms with Crippen molar-refractivity contribution in [1.82, 2.24) is 10.2 Å². The van der Waals surface area contributed by atoms with Crippen LogP contribution in [0.1, 0.15) is 24.4 Å². The van der Waals surface area contributed by atoms with Crippen LogP contribution in [0.5, 0.6) is 0 Å². The highest BCUT2D eigenvalue weighted by atomic mass is 35.5. The molecular weight excluding hydrogens is 272 g/mol. The number of ether oxygens (including phenoxy) is 1. The van der Waals surface area contributed by atoms with E-state index in [0.29, 0.717) is 6.04 Å². The summed E-state index contributed by atoms with van der Waals surface area (Å²) >= 11 is 5.95. The van der Waals surface area contributed by atoms with E-state index in [2.05, 4.69) is 36.4 Å². The van der Waals surface area contributed by atoms with Gasteiger partial charge in [-0.15, -0.1) is 0 Å². The number of rotatable bonds is 9. The summed E-state index contributed by atoms with van der Waals surface area (Å²) in [6.45, 7) is 3.44. The summed E-state index contributed by atoms with van der Waals surface area (Å²) in [6.07, 6.45) is 2.64. The van der Waals surface area contributed by atoms with E-state index >= 15 is 0 Å². The fourth-order valence-electron chi connectivity index (χ4n) is 2.29. The highest BCUT2D eigenvalue weighted by Gasteiger charge is 2.31. The predicted molar refractivity (Wildman–Crippen MR) is 84.3 cm³/mol. The molecule has 1 aliphatic rings. The van der Waals surface area contributed by atoms with Crippen molar-refractivity contribution in [1.29, 1.82) is 0 Å². The first kappa shape index (κ1) is 15.8. The molecule has 0 saturated heterocycles. The van der Waals surface area contributed by atoms with Crippen LogP contribution < -0.4 is 5.32 Å². The molecule has 0 aliphatic heterocycles. The van der Waals surface area contributed by atoms with Gasteiger partial charge in [0.05, 0.1) is 13.2 Å². The maximum Gasteiger partial charge on any atom is 0.0593 e. The van der Waals surface area contributed by atoms with Gasteiger partial charge in [0.15, 0.2) is 0 Å². The summed E-state index contributed by atoms with van der Waals surface area (Å²) in [7, 11) is 4.12. The molecule has 4 heteroatoms. The zero-order valence-corrected chi connectivity index (χ0v) is 13.2. The van der Waals surface area contributed by atoms with Crippen molar-refractivity contribution in [2.24, 2.45) is 5.92 Å². The Kier molecular flexibility index (Phi) is 6.30. The van der Waals surface area contributed by atoms with E-state index in [9.17, 15) is 0 Å². The van der Waals surface area contributed by atoms with E-state index in [1.165, 1.54) is 18.4 Å². The maximum atomic E-state index is 5.95. The molecule has 0 radical (unpaired) electrons. The van der Waals surface area contributed by atoms with Crippen molar-refractivity contribution in [3.63, 3.8) is 0 Å². The number of hydrogen-bond donors (Lipinski definition) is 1. The molecule has 1 fully saturated rings. The molecule has 0 aromatic heterocycles. The summed E-state index contributed by atoms with van der Waals surface area (Å²) in [4.78, 5) is 2.13. The molecule has 1 aromatic rings. The van der Waals surface area contributed by atoms with Crippen LogP contribution in [0.15, 0.2) is 24.3 Å². The van der Waals surface area contributed by atoms with E-state index in [0.717, 1.165) is 37.2 Å². The lowest BCUT2D eigenvalue weighted by Gasteiger charge is -2.19. The lowest BCUT2D eigenvalue weighted by Crippen LogP contribution is -2.28. The Balaban J connectivity index is 1.72. The number of likely N-dealkylation sites (N-methyl/N-ethyl adjacent to an activating group) is 1. The third-order valence-electron chi connectivity index (χ3n) is 3.62. The van der Waals surface area contributed by atoms with Gasteiger partial charge in [-0.1, -0.05) is 23.7 Å². The quantitative estimate of drug-likeness (QED) is 0.709. The van der Waals surface area contributed by atoms with Crippen LogP contribution in [0.2, 0.25) is 5.02 Å². The minimum Gasteiger partial charge on any atom is -0.379 e. The van der Waals surface area contributed by atoms with Crippen LogP contribution in [0.4, 0.5) is 0 Å². The average Bonchev–Trinajstić information content (AvgIpc) is 3.23. The van der Waals surface area contributed by atoms with E-state index in [1.54, 1.807) is 0 Å². The fraction of sp³-hybridized carbons (Fsp3) is 0.625. The summed E-state index contributed by atoms with van der Waals surface area (Å²) in [5, 5.41) is 4.43. The molecule has 3 nitrogen and oxygen atoms in total. The SMILES string of the molecule is CN(C)CCOCCNC(c1ccc(Cl)cc1)C1CC1. The molecule has 0 heterocycles. The largest absolute Gasteiger partial charge is 0.379 e. The van der Waals surface area contributed by atoms with Gasteiger partial charge in [0.1, 0.15) is 0 Å². The maximum absolute atomic E-state index is 5.95. The Morgan fingerprint density at radius 3 is 2.55 bits per heavy atom. The van der Waals surface area contributed by atoms with E-state index < -0.39 is 0 Å². The van der Waals surface area contributed by atoms with Gasteiger partial charge in [-0.05, 0) is 50.6 Å². The van der Waals surface area contributed by atoms with Crippen molar-refractivity contribution in [3.05, 3.63) is 34.9 Å². The van der Waals surface area contributed by atoms with Crippen LogP contribution in [0.3, 0.4) is 0 Å². The Labute approximate surface area is 127 Å². The Morgan fingerprint density at radius 1 is 1.25 bits per heavy atom. The van der Waals surface area contributed by atoms with Gasteiger partial charge >= 0.3 is 0 Å². The van der Waals surface area contributed by atoms with Crippen LogP contribution in [0, 0.1) is 5.92 Å². The van der Waals surface area contributed by atoms with Gasteiger partial charge in [-0.2, -0.15) is 0 Å². The molecule has 1 unspecified atom stereocenters. The minimum atomic E-state index is 0.449. The topological polar surface area (TPSA) is 24.5 Å². The van der Waals surface area contributed by atoms with Crippen LogP contribution in [-0.4, -0.2) is 45.3 Å². The van der Waals surface area contributed by atoms with E-state index in [1.807, 2.05) is 12.1 Å². The predicted octanol–water partition coefficient (Wildman–Crippen LogP) is 2.96. The summed E-state index contributed by atoms with van der Waals surface area (Å²) in [5.74, 6) is 0.776. The van der Waals surface area contributed by atoms with Crippen molar-refractivity contribution < 1.29 is 4.74 Å². The molecule has 1 aromatic carbocycles. The van der Waals surface area contributed by atoms with Crippen LogP contribution in [-0.2, 0) is 4.74 Å². The van der Waals surface area contributed by atoms with Gasteiger partial charge in [0.25, 0.3) is 0 Å². The molecule has 0 spiro atoms. The number of benzene rings is 1. The first-order valence-corrected chi connectivity index (χ1v) is 7.76. The number of nitrogens with one attached hydrogen (secondary N) is 1. The molecule has 0 bridgehead atoms. The van der Waals surface area contributed by atoms with Gasteiger partial charge in [-0.3, -0.25) is 0 Å². The second-order valence-corrected chi connectivity index (χ2v) is 6.17. The molecule has 2 rings (SSSR count). The second kappa shape index (κ2) is 7.99. The lowest BCUT2D eigenvalue weighted by molar-refractivity contribution is 0.117. The normalized spacial score (nSPS) is 16.6. The summed E-state index contributed by atoms with van der Waals surface area (Å²) in [5.41, 5.74) is 1.34. The molecular formula is C16H25ClN2O. The smallest absolute Gasteiger partial charge is 0.0593 e. The highest BCUT2D eigenvalue weighted by Crippen LogP contribution is 2.41. The monoisotopic (exact) mass is 296 g/mol. The summed E-state index contributed by atoms with van der Waals surface area (Å²) in [6, 6.07) is 8.66. The molecule has 1 atom stereocenters. The third-order valence-corrected chi connectivity index (χ3v) is 3.87. The van der Waals surface area contributed by atoms with E-state index in [4.69, 9.17) is 16.3 Å². The molecule has 0 amide bonds. The van der Waals surface area contributed by atoms with Crippen molar-refractivity contribution in [2.75, 3.05) is 40.4 Å². The lowest BCUT2D eigenvalue weighted by atomic mass is 10.0. The highest BCUT2D eigenvalue weighted by molar-refractivity contribution is 6.30. The standard InChI is InChI=1S/C16H25ClN2O/c1-19(2)10-12-20-11-9-18-16(13-3-4-13)14-5-7-15(17)8-6-14/h5-8,13,16,18H,3-4,9-12H2,1-2H3. The third kappa shape index (κ3) is 5.41.